The smallest absolute Gasteiger partial charge is 0.276 e. The minimum Gasteiger partial charge on any atom is -0.377 e. The van der Waals surface area contributed by atoms with Gasteiger partial charge in [0.25, 0.3) is 5.91 Å². The van der Waals surface area contributed by atoms with E-state index in [1.807, 2.05) is 36.9 Å². The van der Waals surface area contributed by atoms with Crippen molar-refractivity contribution in [1.29, 1.82) is 0 Å². The molecule has 1 aromatic heterocycles. The first-order valence-corrected chi connectivity index (χ1v) is 11.4. The van der Waals surface area contributed by atoms with Gasteiger partial charge in [-0.2, -0.15) is 0 Å². The summed E-state index contributed by atoms with van der Waals surface area (Å²) in [5, 5.41) is 8.63. The lowest BCUT2D eigenvalue weighted by molar-refractivity contribution is 0.00322. The molecule has 0 bridgehead atoms. The second-order valence-corrected chi connectivity index (χ2v) is 8.86. The fourth-order valence-corrected chi connectivity index (χ4v) is 4.80. The first-order chi connectivity index (χ1) is 16.0. The summed E-state index contributed by atoms with van der Waals surface area (Å²) in [6, 6.07) is 13.0. The van der Waals surface area contributed by atoms with Gasteiger partial charge in [-0.15, -0.1) is 5.10 Å². The molecule has 1 saturated heterocycles. The lowest BCUT2D eigenvalue weighted by atomic mass is 9.97. The number of benzene rings is 2. The summed E-state index contributed by atoms with van der Waals surface area (Å²) in [5.74, 6) is -0.300. The van der Waals surface area contributed by atoms with E-state index in [0.717, 1.165) is 36.5 Å². The van der Waals surface area contributed by atoms with Crippen LogP contribution in [0.5, 0.6) is 0 Å². The lowest BCUT2D eigenvalue weighted by Crippen LogP contribution is -2.47. The van der Waals surface area contributed by atoms with E-state index >= 15 is 0 Å². The molecule has 1 fully saturated rings. The number of aromatic nitrogens is 3. The molecule has 8 heteroatoms. The number of carbonyl (C=O) groups excluding carboxylic acids is 1. The third-order valence-electron chi connectivity index (χ3n) is 6.57. The first-order valence-electron chi connectivity index (χ1n) is 11.4. The van der Waals surface area contributed by atoms with Crippen LogP contribution in [0.1, 0.15) is 39.8 Å². The van der Waals surface area contributed by atoms with Gasteiger partial charge in [0.2, 0.25) is 0 Å². The molecular weight excluding hydrogens is 421 g/mol. The quantitative estimate of drug-likeness (QED) is 0.612. The zero-order valence-corrected chi connectivity index (χ0v) is 19.0. The van der Waals surface area contributed by atoms with Crippen molar-refractivity contribution < 1.29 is 13.9 Å². The maximum atomic E-state index is 13.6. The van der Waals surface area contributed by atoms with Crippen LogP contribution in [-0.4, -0.2) is 63.0 Å². The van der Waals surface area contributed by atoms with Crippen molar-refractivity contribution in [2.24, 2.45) is 0 Å². The zero-order valence-electron chi connectivity index (χ0n) is 19.0. The largest absolute Gasteiger partial charge is 0.377 e. The van der Waals surface area contributed by atoms with Crippen LogP contribution in [0.3, 0.4) is 0 Å². The second kappa shape index (κ2) is 9.03. The number of ether oxygens (including phenoxy) is 1. The molecule has 2 aliphatic heterocycles. The molecule has 2 aromatic carbocycles. The Labute approximate surface area is 192 Å². The van der Waals surface area contributed by atoms with Gasteiger partial charge >= 0.3 is 0 Å². The summed E-state index contributed by atoms with van der Waals surface area (Å²) in [5.41, 5.74) is 5.53. The summed E-state index contributed by atoms with van der Waals surface area (Å²) in [7, 11) is 0. The van der Waals surface area contributed by atoms with E-state index in [2.05, 4.69) is 21.3 Å². The van der Waals surface area contributed by atoms with Crippen LogP contribution in [0.4, 0.5) is 4.39 Å². The molecule has 7 nitrogen and oxygen atoms in total. The topological polar surface area (TPSA) is 63.5 Å². The molecule has 33 heavy (non-hydrogen) atoms. The Bertz CT molecular complexity index is 1180. The van der Waals surface area contributed by atoms with E-state index in [4.69, 9.17) is 4.74 Å². The van der Waals surface area contributed by atoms with Gasteiger partial charge in [-0.1, -0.05) is 29.5 Å². The van der Waals surface area contributed by atoms with E-state index in [1.54, 1.807) is 16.8 Å². The Morgan fingerprint density at radius 1 is 1.21 bits per heavy atom. The second-order valence-electron chi connectivity index (χ2n) is 8.86. The van der Waals surface area contributed by atoms with E-state index in [0.29, 0.717) is 32.0 Å². The van der Waals surface area contributed by atoms with Crippen molar-refractivity contribution in [2.75, 3.05) is 26.3 Å². The number of amides is 1. The highest BCUT2D eigenvalue weighted by Crippen LogP contribution is 2.27. The predicted molar refractivity (Wildman–Crippen MR) is 122 cm³/mol. The Morgan fingerprint density at radius 2 is 2.06 bits per heavy atom. The first kappa shape index (κ1) is 21.7. The van der Waals surface area contributed by atoms with Gasteiger partial charge in [0.05, 0.1) is 30.6 Å². The van der Waals surface area contributed by atoms with Crippen LogP contribution >= 0.6 is 0 Å². The molecule has 0 aliphatic carbocycles. The molecule has 0 spiro atoms. The highest BCUT2D eigenvalue weighted by Gasteiger charge is 2.29. The summed E-state index contributed by atoms with van der Waals surface area (Å²) in [6.07, 6.45) is 0.851. The van der Waals surface area contributed by atoms with Crippen LogP contribution < -0.4 is 0 Å². The number of rotatable bonds is 4. The fourth-order valence-electron chi connectivity index (χ4n) is 4.80. The van der Waals surface area contributed by atoms with Gasteiger partial charge in [0.1, 0.15) is 5.82 Å². The molecule has 0 radical (unpaired) electrons. The normalized spacial score (nSPS) is 18.9. The van der Waals surface area contributed by atoms with Crippen molar-refractivity contribution >= 4 is 5.91 Å². The average molecular weight is 450 g/mol. The minimum absolute atomic E-state index is 0.0179. The fraction of sp³-hybridized carbons (Fsp3) is 0.400. The highest BCUT2D eigenvalue weighted by molar-refractivity contribution is 5.93. The number of fused-ring (bicyclic) bond motifs is 1. The third kappa shape index (κ3) is 4.28. The van der Waals surface area contributed by atoms with E-state index < -0.39 is 0 Å². The molecule has 3 heterocycles. The number of carbonyl (C=O) groups is 1. The molecule has 5 rings (SSSR count). The summed E-state index contributed by atoms with van der Waals surface area (Å²) >= 11 is 0. The van der Waals surface area contributed by atoms with Gasteiger partial charge in [0, 0.05) is 26.2 Å². The molecule has 172 valence electrons. The Kier molecular flexibility index (Phi) is 5.95. The van der Waals surface area contributed by atoms with Crippen LogP contribution in [0.2, 0.25) is 0 Å². The van der Waals surface area contributed by atoms with E-state index in [9.17, 15) is 9.18 Å². The van der Waals surface area contributed by atoms with Gasteiger partial charge in [-0.25, -0.2) is 9.07 Å². The maximum absolute atomic E-state index is 13.6. The molecule has 0 N–H and O–H groups in total. The van der Waals surface area contributed by atoms with Crippen LogP contribution in [-0.2, 0) is 24.2 Å². The Hall–Kier alpha value is -3.10. The molecule has 0 unspecified atom stereocenters. The molecule has 0 saturated carbocycles. The SMILES string of the molecule is Cc1c(C(=O)N2CCOC[C@H]2C)nnn1-c1cccc2c1CCN(Cc1cccc(F)c1)C2. The highest BCUT2D eigenvalue weighted by atomic mass is 19.1. The Balaban J connectivity index is 1.38. The minimum atomic E-state index is -0.203. The molecule has 3 aromatic rings. The third-order valence-corrected chi connectivity index (χ3v) is 6.57. The van der Waals surface area contributed by atoms with Crippen molar-refractivity contribution in [1.82, 2.24) is 24.8 Å². The van der Waals surface area contributed by atoms with Gasteiger partial charge < -0.3 is 9.64 Å². The molecule has 1 atom stereocenters. The van der Waals surface area contributed by atoms with Crippen molar-refractivity contribution in [2.45, 2.75) is 39.4 Å². The van der Waals surface area contributed by atoms with Crippen LogP contribution in [0.25, 0.3) is 5.69 Å². The van der Waals surface area contributed by atoms with Crippen LogP contribution in [0.15, 0.2) is 42.5 Å². The monoisotopic (exact) mass is 449 g/mol. The number of hydrogen-bond donors (Lipinski definition) is 0. The standard InChI is InChI=1S/C25H28FN5O2/c1-17-16-33-12-11-30(17)25(32)24-18(2)31(28-27-24)23-8-4-6-20-15-29(10-9-22(20)23)14-19-5-3-7-21(26)13-19/h3-8,13,17H,9-12,14-16H2,1-2H3/t17-/m1/s1. The van der Waals surface area contributed by atoms with Gasteiger partial charge in [0.15, 0.2) is 5.69 Å². The van der Waals surface area contributed by atoms with E-state index in [-0.39, 0.29) is 17.8 Å². The van der Waals surface area contributed by atoms with E-state index in [1.165, 1.54) is 17.2 Å². The zero-order chi connectivity index (χ0) is 22.9. The number of morpholine rings is 1. The van der Waals surface area contributed by atoms with Crippen molar-refractivity contribution in [3.8, 4) is 5.69 Å². The van der Waals surface area contributed by atoms with Crippen molar-refractivity contribution in [3.63, 3.8) is 0 Å². The number of halogens is 1. The Morgan fingerprint density at radius 3 is 2.88 bits per heavy atom. The lowest BCUT2D eigenvalue weighted by Gasteiger charge is -2.32. The predicted octanol–water partition coefficient (Wildman–Crippen LogP) is 3.13. The van der Waals surface area contributed by atoms with Gasteiger partial charge in [-0.05, 0) is 55.2 Å². The maximum Gasteiger partial charge on any atom is 0.276 e. The molecular formula is C25H28FN5O2. The van der Waals surface area contributed by atoms with Crippen LogP contribution in [0, 0.1) is 12.7 Å². The summed E-state index contributed by atoms with van der Waals surface area (Å²) in [6.45, 7) is 7.89. The number of hydrogen-bond acceptors (Lipinski definition) is 5. The van der Waals surface area contributed by atoms with Gasteiger partial charge in [-0.3, -0.25) is 9.69 Å². The van der Waals surface area contributed by atoms with Crippen molar-refractivity contribution in [3.05, 3.63) is 76.4 Å². The number of nitrogens with zero attached hydrogens (tertiary/aromatic N) is 5. The average Bonchev–Trinajstić information content (AvgIpc) is 3.19. The summed E-state index contributed by atoms with van der Waals surface area (Å²) in [4.78, 5) is 17.3. The molecule has 2 aliphatic rings. The molecule has 1 amide bonds. The summed E-state index contributed by atoms with van der Waals surface area (Å²) < 4.78 is 20.8.